The molecule has 3 nitrogen and oxygen atoms in total. The molecule has 0 radical (unpaired) electrons. The third kappa shape index (κ3) is 2.82. The number of aromatic amines is 1. The summed E-state index contributed by atoms with van der Waals surface area (Å²) < 4.78 is 0. The Hall–Kier alpha value is -2.21. The van der Waals surface area contributed by atoms with E-state index < -0.39 is 0 Å². The summed E-state index contributed by atoms with van der Waals surface area (Å²) in [6, 6.07) is 11.8. The van der Waals surface area contributed by atoms with E-state index in [1.54, 1.807) is 17.4 Å². The standard InChI is InChI=1S/C18H11ClN2OS2/c19-14(8-11-6-7-23-9-11)16-20-17(22)15-13(10-24-18(15)21-16)12-4-2-1-3-5-12/h1-10H,(H,20,21,22)/b14-8-. The fourth-order valence-electron chi connectivity index (χ4n) is 2.46. The van der Waals surface area contributed by atoms with E-state index in [4.69, 9.17) is 11.6 Å². The van der Waals surface area contributed by atoms with Gasteiger partial charge < -0.3 is 4.98 Å². The number of rotatable bonds is 3. The minimum absolute atomic E-state index is 0.174. The Kier molecular flexibility index (Phi) is 4.06. The molecule has 4 rings (SSSR count). The van der Waals surface area contributed by atoms with Gasteiger partial charge in [-0.3, -0.25) is 4.79 Å². The highest BCUT2D eigenvalue weighted by Gasteiger charge is 2.14. The summed E-state index contributed by atoms with van der Waals surface area (Å²) in [4.78, 5) is 20.6. The molecule has 4 aromatic rings. The van der Waals surface area contributed by atoms with Gasteiger partial charge in [0.15, 0.2) is 5.82 Å². The molecule has 24 heavy (non-hydrogen) atoms. The van der Waals surface area contributed by atoms with E-state index in [0.717, 1.165) is 16.7 Å². The molecule has 1 N–H and O–H groups in total. The summed E-state index contributed by atoms with van der Waals surface area (Å²) in [6.45, 7) is 0. The molecule has 0 saturated heterocycles. The number of halogens is 1. The Labute approximate surface area is 150 Å². The number of hydrogen-bond donors (Lipinski definition) is 1. The van der Waals surface area contributed by atoms with Gasteiger partial charge >= 0.3 is 0 Å². The smallest absolute Gasteiger partial charge is 0.260 e. The van der Waals surface area contributed by atoms with Crippen molar-refractivity contribution in [1.82, 2.24) is 9.97 Å². The van der Waals surface area contributed by atoms with Crippen LogP contribution in [-0.2, 0) is 0 Å². The maximum atomic E-state index is 12.6. The van der Waals surface area contributed by atoms with Crippen LogP contribution in [0.1, 0.15) is 11.4 Å². The summed E-state index contributed by atoms with van der Waals surface area (Å²) in [7, 11) is 0. The average Bonchev–Trinajstić information content (AvgIpc) is 3.25. The predicted octanol–water partition coefficient (Wildman–Crippen LogP) is 5.45. The summed E-state index contributed by atoms with van der Waals surface area (Å²) in [5, 5.41) is 6.94. The van der Waals surface area contributed by atoms with Crippen LogP contribution in [0, 0.1) is 0 Å². The minimum atomic E-state index is -0.174. The Bertz CT molecular complexity index is 1080. The van der Waals surface area contributed by atoms with Crippen molar-refractivity contribution < 1.29 is 0 Å². The third-order valence-electron chi connectivity index (χ3n) is 3.59. The van der Waals surface area contributed by atoms with Gasteiger partial charge in [-0.25, -0.2) is 4.98 Å². The summed E-state index contributed by atoms with van der Waals surface area (Å²) in [6.07, 6.45) is 1.80. The fraction of sp³-hybridized carbons (Fsp3) is 0. The van der Waals surface area contributed by atoms with E-state index in [0.29, 0.717) is 21.1 Å². The number of nitrogens with zero attached hydrogens (tertiary/aromatic N) is 1. The topological polar surface area (TPSA) is 45.8 Å². The lowest BCUT2D eigenvalue weighted by Crippen LogP contribution is -2.10. The van der Waals surface area contributed by atoms with Gasteiger partial charge in [-0.05, 0) is 34.0 Å². The minimum Gasteiger partial charge on any atom is -0.305 e. The molecular formula is C18H11ClN2OS2. The van der Waals surface area contributed by atoms with Crippen LogP contribution >= 0.6 is 34.3 Å². The highest BCUT2D eigenvalue weighted by atomic mass is 35.5. The molecule has 0 atom stereocenters. The van der Waals surface area contributed by atoms with Gasteiger partial charge in [0.1, 0.15) is 4.83 Å². The molecule has 0 amide bonds. The molecule has 0 aliphatic rings. The average molecular weight is 371 g/mol. The highest BCUT2D eigenvalue weighted by Crippen LogP contribution is 2.31. The zero-order valence-corrected chi connectivity index (χ0v) is 14.7. The Morgan fingerprint density at radius 3 is 2.75 bits per heavy atom. The second-order valence-corrected chi connectivity index (χ2v) is 7.20. The molecule has 6 heteroatoms. The van der Waals surface area contributed by atoms with Gasteiger partial charge in [-0.1, -0.05) is 41.9 Å². The van der Waals surface area contributed by atoms with E-state index in [1.165, 1.54) is 11.3 Å². The normalized spacial score (nSPS) is 12.0. The first-order valence-corrected chi connectivity index (χ1v) is 9.39. The van der Waals surface area contributed by atoms with Crippen LogP contribution < -0.4 is 5.56 Å². The number of hydrogen-bond acceptors (Lipinski definition) is 4. The molecule has 3 aromatic heterocycles. The van der Waals surface area contributed by atoms with Crippen molar-refractivity contribution >= 4 is 55.6 Å². The molecular weight excluding hydrogens is 360 g/mol. The summed E-state index contributed by atoms with van der Waals surface area (Å²) >= 11 is 9.37. The second kappa shape index (κ2) is 6.36. The SMILES string of the molecule is O=c1[nH]c(/C(Cl)=C/c2ccsc2)nc2scc(-c3ccccc3)c12. The van der Waals surface area contributed by atoms with Gasteiger partial charge in [0.25, 0.3) is 5.56 Å². The largest absolute Gasteiger partial charge is 0.305 e. The first-order valence-electron chi connectivity index (χ1n) is 7.19. The van der Waals surface area contributed by atoms with Crippen molar-refractivity contribution in [1.29, 1.82) is 0 Å². The molecule has 118 valence electrons. The quantitative estimate of drug-likeness (QED) is 0.521. The monoisotopic (exact) mass is 370 g/mol. The maximum absolute atomic E-state index is 12.6. The van der Waals surface area contributed by atoms with Crippen LogP contribution in [-0.4, -0.2) is 9.97 Å². The zero-order valence-electron chi connectivity index (χ0n) is 12.3. The lowest BCUT2D eigenvalue weighted by molar-refractivity contribution is 1.14. The number of nitrogens with one attached hydrogen (secondary N) is 1. The summed E-state index contributed by atoms with van der Waals surface area (Å²) in [5.74, 6) is 0.391. The van der Waals surface area contributed by atoms with Crippen LogP contribution in [0.5, 0.6) is 0 Å². The van der Waals surface area contributed by atoms with Crippen molar-refractivity contribution in [3.8, 4) is 11.1 Å². The number of fused-ring (bicyclic) bond motifs is 1. The van der Waals surface area contributed by atoms with E-state index in [9.17, 15) is 4.79 Å². The maximum Gasteiger partial charge on any atom is 0.260 e. The van der Waals surface area contributed by atoms with Gasteiger partial charge in [0, 0.05) is 10.9 Å². The molecule has 0 bridgehead atoms. The second-order valence-electron chi connectivity index (χ2n) is 5.16. The van der Waals surface area contributed by atoms with Crippen LogP contribution in [0.4, 0.5) is 0 Å². The van der Waals surface area contributed by atoms with Crippen molar-refractivity contribution in [2.75, 3.05) is 0 Å². The van der Waals surface area contributed by atoms with E-state index >= 15 is 0 Å². The number of thiophene rings is 2. The van der Waals surface area contributed by atoms with Crippen LogP contribution in [0.15, 0.2) is 57.3 Å². The zero-order chi connectivity index (χ0) is 16.5. The Morgan fingerprint density at radius 2 is 2.00 bits per heavy atom. The Balaban J connectivity index is 1.84. The predicted molar refractivity (Wildman–Crippen MR) is 104 cm³/mol. The first kappa shape index (κ1) is 15.3. The van der Waals surface area contributed by atoms with Crippen LogP contribution in [0.2, 0.25) is 0 Å². The molecule has 0 spiro atoms. The van der Waals surface area contributed by atoms with E-state index in [1.807, 2.05) is 52.5 Å². The van der Waals surface area contributed by atoms with Crippen molar-refractivity contribution in [2.45, 2.75) is 0 Å². The van der Waals surface area contributed by atoms with Gasteiger partial charge in [0.05, 0.1) is 10.4 Å². The van der Waals surface area contributed by atoms with Gasteiger partial charge in [-0.2, -0.15) is 11.3 Å². The highest BCUT2D eigenvalue weighted by molar-refractivity contribution is 7.17. The number of H-pyrrole nitrogens is 1. The molecule has 1 aromatic carbocycles. The fourth-order valence-corrected chi connectivity index (χ4v) is 4.25. The summed E-state index contributed by atoms with van der Waals surface area (Å²) in [5.41, 5.74) is 2.72. The number of benzene rings is 1. The van der Waals surface area contributed by atoms with Gasteiger partial charge in [-0.15, -0.1) is 11.3 Å². The van der Waals surface area contributed by atoms with Crippen molar-refractivity contribution in [2.24, 2.45) is 0 Å². The molecule has 0 unspecified atom stereocenters. The van der Waals surface area contributed by atoms with E-state index in [2.05, 4.69) is 9.97 Å². The molecule has 0 aliphatic heterocycles. The van der Waals surface area contributed by atoms with E-state index in [-0.39, 0.29) is 5.56 Å². The molecule has 0 saturated carbocycles. The number of aromatic nitrogens is 2. The van der Waals surface area contributed by atoms with Crippen LogP contribution in [0.3, 0.4) is 0 Å². The lowest BCUT2D eigenvalue weighted by Gasteiger charge is -2.01. The van der Waals surface area contributed by atoms with Crippen molar-refractivity contribution in [3.63, 3.8) is 0 Å². The van der Waals surface area contributed by atoms with Crippen molar-refractivity contribution in [3.05, 3.63) is 74.3 Å². The lowest BCUT2D eigenvalue weighted by atomic mass is 10.1. The van der Waals surface area contributed by atoms with Crippen LogP contribution in [0.25, 0.3) is 32.5 Å². The molecule has 0 aliphatic carbocycles. The third-order valence-corrected chi connectivity index (χ3v) is 5.45. The van der Waals surface area contributed by atoms with Gasteiger partial charge in [0.2, 0.25) is 0 Å². The first-order chi connectivity index (χ1) is 11.7. The molecule has 0 fully saturated rings. The Morgan fingerprint density at radius 1 is 1.17 bits per heavy atom. The molecule has 3 heterocycles.